The van der Waals surface area contributed by atoms with Gasteiger partial charge in [-0.25, -0.2) is 0 Å². The molecular formula is C110H74S2. The lowest BCUT2D eigenvalue weighted by Crippen LogP contribution is -2.17. The maximum absolute atomic E-state index is 2.56. The summed E-state index contributed by atoms with van der Waals surface area (Å²) in [6, 6.07) is 119. The molecule has 2 unspecified atom stereocenters. The predicted molar refractivity (Wildman–Crippen MR) is 485 cm³/mol. The van der Waals surface area contributed by atoms with E-state index >= 15 is 0 Å². The zero-order valence-electron chi connectivity index (χ0n) is 62.7. The molecule has 0 N–H and O–H groups in total. The van der Waals surface area contributed by atoms with Gasteiger partial charge in [-0.1, -0.05) is 300 Å². The second-order valence-electron chi connectivity index (χ2n) is 33.2. The normalized spacial score (nSPS) is 16.2. The Morgan fingerprint density at radius 1 is 0.277 bits per heavy atom. The van der Waals surface area contributed by atoms with Gasteiger partial charge in [-0.05, 0) is 278 Å². The van der Waals surface area contributed by atoms with Crippen LogP contribution in [0.2, 0.25) is 0 Å². The Morgan fingerprint density at radius 3 is 1.54 bits per heavy atom. The molecule has 0 saturated heterocycles. The van der Waals surface area contributed by atoms with E-state index in [2.05, 4.69) is 367 Å². The first-order chi connectivity index (χ1) is 55.0. The van der Waals surface area contributed by atoms with E-state index in [0.29, 0.717) is 5.92 Å². The summed E-state index contributed by atoms with van der Waals surface area (Å²) in [5, 5.41) is 26.1. The minimum absolute atomic E-state index is 0.0668. The number of hydrogen-bond acceptors (Lipinski definition) is 2. The fourth-order valence-electron chi connectivity index (χ4n) is 21.1. The van der Waals surface area contributed by atoms with E-state index in [9.17, 15) is 0 Å². The van der Waals surface area contributed by atoms with E-state index < -0.39 is 0 Å². The third-order valence-corrected chi connectivity index (χ3v) is 28.8. The lowest BCUT2D eigenvalue weighted by Gasteiger charge is -2.29. The van der Waals surface area contributed by atoms with Crippen LogP contribution >= 0.6 is 22.7 Å². The predicted octanol–water partition coefficient (Wildman–Crippen LogP) is 31.5. The van der Waals surface area contributed by atoms with Gasteiger partial charge in [0.2, 0.25) is 0 Å². The van der Waals surface area contributed by atoms with Crippen molar-refractivity contribution in [3.05, 3.63) is 384 Å². The standard InChI is InChI=1S/C110H74S2/c1-109(2)96-46-42-76(56-92(96)94-57-78-58-95-80-25-15-16-34-100(80)111-103(95)61-79(78)59-98(94)109)107-87-32-13-9-28-83(87)105(84-29-10-14-33-88(84)107)74-24-18-22-67(51-74)69-39-36-64-37-40-70(53-77(64)52-69)71-41-45-89-102(60-71)112-101-48-44-72-54-93-91-55-75(43-47-97(91)110(3,4)99(93)62-90(72)108(89)101)106-85-30-11-7-26-81(85)104(82-27-8-12-31-86(82)106)73-23-17-21-66(50-73)68-38-35-63-19-5-6-20-65(63)49-68/h5-50,52-55,57-62,67,92H,51,56H2,1-4H3. The average Bonchev–Trinajstić information content (AvgIpc) is 1.53. The Labute approximate surface area is 658 Å². The van der Waals surface area contributed by atoms with Gasteiger partial charge in [-0.2, -0.15) is 0 Å². The summed E-state index contributed by atoms with van der Waals surface area (Å²) in [5.41, 5.74) is 26.5. The first kappa shape index (κ1) is 64.3. The molecule has 24 rings (SSSR count). The lowest BCUT2D eigenvalue weighted by molar-refractivity contribution is 0.615. The smallest absolute Gasteiger partial charge is 0.0361 e. The average molecular weight is 1460 g/mol. The van der Waals surface area contributed by atoms with Gasteiger partial charge in [0, 0.05) is 63.0 Å². The molecule has 0 saturated carbocycles. The van der Waals surface area contributed by atoms with E-state index in [1.54, 1.807) is 0 Å². The Hall–Kier alpha value is -12.6. The second-order valence-corrected chi connectivity index (χ2v) is 35.4. The van der Waals surface area contributed by atoms with Crippen LogP contribution in [0.3, 0.4) is 0 Å². The molecule has 526 valence electrons. The zero-order chi connectivity index (χ0) is 74.0. The van der Waals surface area contributed by atoms with Gasteiger partial charge in [0.15, 0.2) is 0 Å². The van der Waals surface area contributed by atoms with E-state index in [4.69, 9.17) is 0 Å². The van der Waals surface area contributed by atoms with Crippen LogP contribution in [0, 0.1) is 0 Å². The second kappa shape index (κ2) is 24.0. The van der Waals surface area contributed by atoms with Crippen LogP contribution in [0.1, 0.15) is 91.3 Å². The molecule has 0 bridgehead atoms. The Morgan fingerprint density at radius 2 is 0.812 bits per heavy atom. The zero-order valence-corrected chi connectivity index (χ0v) is 64.4. The summed E-state index contributed by atoms with van der Waals surface area (Å²) in [6.45, 7) is 9.77. The Kier molecular flexibility index (Phi) is 13.8. The summed E-state index contributed by atoms with van der Waals surface area (Å²) < 4.78 is 5.37. The van der Waals surface area contributed by atoms with Crippen molar-refractivity contribution in [2.24, 2.45) is 0 Å². The maximum Gasteiger partial charge on any atom is 0.0361 e. The molecule has 20 aromatic rings. The van der Waals surface area contributed by atoms with Crippen molar-refractivity contribution in [1.82, 2.24) is 0 Å². The van der Waals surface area contributed by atoms with E-state index in [0.717, 1.165) is 12.8 Å². The summed E-state index contributed by atoms with van der Waals surface area (Å²) in [6.07, 6.45) is 14.0. The fraction of sp³-hybridized carbons (Fsp3) is 0.0909. The summed E-state index contributed by atoms with van der Waals surface area (Å²) in [7, 11) is 0. The lowest BCUT2D eigenvalue weighted by atomic mass is 9.75. The molecule has 4 aliphatic rings. The minimum atomic E-state index is -0.202. The maximum atomic E-state index is 2.56. The van der Waals surface area contributed by atoms with Crippen LogP contribution in [0.4, 0.5) is 0 Å². The summed E-state index contributed by atoms with van der Waals surface area (Å²) in [4.78, 5) is 0. The van der Waals surface area contributed by atoms with E-state index in [1.165, 1.54) is 238 Å². The van der Waals surface area contributed by atoms with E-state index in [1.807, 2.05) is 22.7 Å². The molecule has 2 atom stereocenters. The number of benzene rings is 18. The van der Waals surface area contributed by atoms with Crippen LogP contribution in [0.25, 0.3) is 193 Å². The highest BCUT2D eigenvalue weighted by Crippen LogP contribution is 2.59. The third kappa shape index (κ3) is 9.53. The molecule has 0 radical (unpaired) electrons. The van der Waals surface area contributed by atoms with Gasteiger partial charge in [0.1, 0.15) is 0 Å². The minimum Gasteiger partial charge on any atom is -0.135 e. The molecule has 0 aliphatic heterocycles. The first-order valence-electron chi connectivity index (χ1n) is 39.8. The quantitative estimate of drug-likeness (QED) is 0.140. The van der Waals surface area contributed by atoms with Gasteiger partial charge in [-0.3, -0.25) is 0 Å². The van der Waals surface area contributed by atoms with Crippen molar-refractivity contribution in [3.63, 3.8) is 0 Å². The molecule has 112 heavy (non-hydrogen) atoms. The van der Waals surface area contributed by atoms with Crippen molar-refractivity contribution in [1.29, 1.82) is 0 Å². The molecule has 0 nitrogen and oxygen atoms in total. The van der Waals surface area contributed by atoms with Crippen molar-refractivity contribution in [3.8, 4) is 55.6 Å². The number of hydrogen-bond donors (Lipinski definition) is 0. The number of thiophene rings is 2. The summed E-state index contributed by atoms with van der Waals surface area (Å²) in [5.74, 6) is 0.531. The van der Waals surface area contributed by atoms with Gasteiger partial charge in [0.25, 0.3) is 0 Å². The van der Waals surface area contributed by atoms with Crippen molar-refractivity contribution in [2.75, 3.05) is 0 Å². The van der Waals surface area contributed by atoms with Crippen molar-refractivity contribution in [2.45, 2.75) is 63.2 Å². The molecule has 2 heteroatoms. The highest BCUT2D eigenvalue weighted by molar-refractivity contribution is 7.26. The molecule has 0 amide bonds. The molecule has 2 heterocycles. The van der Waals surface area contributed by atoms with Crippen LogP contribution < -0.4 is 0 Å². The van der Waals surface area contributed by atoms with Crippen LogP contribution in [0.15, 0.2) is 345 Å². The van der Waals surface area contributed by atoms with Crippen molar-refractivity contribution >= 4 is 160 Å². The summed E-state index contributed by atoms with van der Waals surface area (Å²) >= 11 is 3.84. The SMILES string of the molecule is CC1(C)C2=CC=C(c3c4ccccc4c(C4=CC=CC(c5ccc6ccc(-c7ccc8c(c7)sc7ccc9cc%10c(cc9c78)C(C)(C)c7ccc(-c8c9ccccc9c(-c9cccc(-c%11ccc%12ccccc%12c%11)c9)c9ccccc89)cc7-%10)cc6c5)C4)c4ccccc34)CC2c2cc3cc4c(cc3cc21)sc1ccccc14. The number of fused-ring (bicyclic) bond motifs is 21. The highest BCUT2D eigenvalue weighted by Gasteiger charge is 2.44. The van der Waals surface area contributed by atoms with Gasteiger partial charge >= 0.3 is 0 Å². The fourth-order valence-corrected chi connectivity index (χ4v) is 23.4. The molecule has 2 aromatic heterocycles. The highest BCUT2D eigenvalue weighted by atomic mass is 32.1. The number of allylic oxidation sites excluding steroid dienone is 8. The van der Waals surface area contributed by atoms with Crippen LogP contribution in [-0.4, -0.2) is 0 Å². The van der Waals surface area contributed by atoms with Crippen molar-refractivity contribution < 1.29 is 0 Å². The molecule has 4 aliphatic carbocycles. The van der Waals surface area contributed by atoms with Crippen LogP contribution in [0.5, 0.6) is 0 Å². The number of rotatable bonds is 7. The van der Waals surface area contributed by atoms with Crippen LogP contribution in [-0.2, 0) is 10.8 Å². The molecule has 0 fully saturated rings. The van der Waals surface area contributed by atoms with E-state index in [-0.39, 0.29) is 16.7 Å². The first-order valence-corrected chi connectivity index (χ1v) is 41.4. The monoisotopic (exact) mass is 1460 g/mol. The molecule has 18 aromatic carbocycles. The molecule has 0 spiro atoms. The van der Waals surface area contributed by atoms with Gasteiger partial charge in [-0.15, -0.1) is 22.7 Å². The Balaban J connectivity index is 0.534. The largest absolute Gasteiger partial charge is 0.135 e. The Bertz CT molecular complexity index is 7650. The third-order valence-electron chi connectivity index (χ3n) is 26.5. The van der Waals surface area contributed by atoms with Gasteiger partial charge < -0.3 is 0 Å². The topological polar surface area (TPSA) is 0 Å². The van der Waals surface area contributed by atoms with Gasteiger partial charge in [0.05, 0.1) is 0 Å². The molecular weight excluding hydrogens is 1390 g/mol.